The summed E-state index contributed by atoms with van der Waals surface area (Å²) in [5, 5.41) is 9.60. The molecule has 0 radical (unpaired) electrons. The molecule has 1 N–H and O–H groups in total. The van der Waals surface area contributed by atoms with Gasteiger partial charge in [-0.15, -0.1) is 0 Å². The normalized spacial score (nSPS) is 19.3. The van der Waals surface area contributed by atoms with Crippen molar-refractivity contribution < 1.29 is 9.90 Å². The van der Waals surface area contributed by atoms with E-state index < -0.39 is 12.0 Å². The molecule has 1 saturated heterocycles. The molecule has 1 aliphatic rings. The lowest BCUT2D eigenvalue weighted by molar-refractivity contribution is -0.144. The Morgan fingerprint density at radius 3 is 2.42 bits per heavy atom. The molecule has 1 aromatic rings. The van der Waals surface area contributed by atoms with Crippen LogP contribution in [-0.2, 0) is 4.79 Å². The summed E-state index contributed by atoms with van der Waals surface area (Å²) in [4.78, 5) is 16.0. The van der Waals surface area contributed by atoms with E-state index in [1.54, 1.807) is 0 Å². The van der Waals surface area contributed by atoms with Crippen molar-refractivity contribution in [2.75, 3.05) is 33.2 Å². The third-order valence-corrected chi connectivity index (χ3v) is 4.08. The standard InChI is InChI=1S/C15H22N2O2/c1-11-5-4-6-13(12(11)2)14(15(18)19)17-9-7-16(3)8-10-17/h4-6,14H,7-10H2,1-3H3,(H,18,19). The molecule has 1 aliphatic heterocycles. The first-order valence-electron chi connectivity index (χ1n) is 6.72. The fraction of sp³-hybridized carbons (Fsp3) is 0.533. The fourth-order valence-corrected chi connectivity index (χ4v) is 2.64. The number of nitrogens with zero attached hydrogens (tertiary/aromatic N) is 2. The topological polar surface area (TPSA) is 43.8 Å². The zero-order valence-corrected chi connectivity index (χ0v) is 11.9. The lowest BCUT2D eigenvalue weighted by Gasteiger charge is -2.36. The summed E-state index contributed by atoms with van der Waals surface area (Å²) < 4.78 is 0. The second kappa shape index (κ2) is 5.72. The molecule has 0 spiro atoms. The van der Waals surface area contributed by atoms with Crippen LogP contribution in [0.3, 0.4) is 0 Å². The average molecular weight is 262 g/mol. The maximum atomic E-state index is 11.7. The molecule has 0 amide bonds. The Bertz CT molecular complexity index is 465. The van der Waals surface area contributed by atoms with Crippen LogP contribution in [0, 0.1) is 13.8 Å². The van der Waals surface area contributed by atoms with E-state index in [4.69, 9.17) is 0 Å². The number of rotatable bonds is 3. The van der Waals surface area contributed by atoms with E-state index >= 15 is 0 Å². The maximum absolute atomic E-state index is 11.7. The van der Waals surface area contributed by atoms with Crippen molar-refractivity contribution in [1.82, 2.24) is 9.80 Å². The fourth-order valence-electron chi connectivity index (χ4n) is 2.64. The van der Waals surface area contributed by atoms with Crippen molar-refractivity contribution >= 4 is 5.97 Å². The Morgan fingerprint density at radius 1 is 1.21 bits per heavy atom. The highest BCUT2D eigenvalue weighted by Crippen LogP contribution is 2.26. The van der Waals surface area contributed by atoms with E-state index in [9.17, 15) is 9.90 Å². The van der Waals surface area contributed by atoms with Crippen molar-refractivity contribution in [2.24, 2.45) is 0 Å². The predicted molar refractivity (Wildman–Crippen MR) is 75.4 cm³/mol. The van der Waals surface area contributed by atoms with Crippen LogP contribution < -0.4 is 0 Å². The first-order valence-corrected chi connectivity index (χ1v) is 6.72. The highest BCUT2D eigenvalue weighted by Gasteiger charge is 2.30. The van der Waals surface area contributed by atoms with Crippen LogP contribution in [-0.4, -0.2) is 54.1 Å². The van der Waals surface area contributed by atoms with Gasteiger partial charge in [-0.05, 0) is 37.6 Å². The van der Waals surface area contributed by atoms with Crippen molar-refractivity contribution in [3.8, 4) is 0 Å². The lowest BCUT2D eigenvalue weighted by atomic mass is 9.96. The highest BCUT2D eigenvalue weighted by molar-refractivity contribution is 5.76. The summed E-state index contributed by atoms with van der Waals surface area (Å²) in [5.41, 5.74) is 3.17. The molecule has 1 fully saturated rings. The molecule has 104 valence electrons. The minimum absolute atomic E-state index is 0.520. The number of carboxylic acid groups (broad SMARTS) is 1. The number of benzene rings is 1. The lowest BCUT2D eigenvalue weighted by Crippen LogP contribution is -2.48. The number of carboxylic acids is 1. The van der Waals surface area contributed by atoms with Crippen LogP contribution >= 0.6 is 0 Å². The largest absolute Gasteiger partial charge is 0.480 e. The molecule has 1 aromatic carbocycles. The van der Waals surface area contributed by atoms with Gasteiger partial charge in [0.1, 0.15) is 6.04 Å². The summed E-state index contributed by atoms with van der Waals surface area (Å²) >= 11 is 0. The molecule has 19 heavy (non-hydrogen) atoms. The number of carbonyl (C=O) groups is 1. The van der Waals surface area contributed by atoms with Gasteiger partial charge in [0, 0.05) is 26.2 Å². The molecule has 4 nitrogen and oxygen atoms in total. The Labute approximate surface area is 114 Å². The van der Waals surface area contributed by atoms with Crippen LogP contribution in [0.15, 0.2) is 18.2 Å². The first kappa shape index (κ1) is 14.0. The Morgan fingerprint density at radius 2 is 1.84 bits per heavy atom. The van der Waals surface area contributed by atoms with Gasteiger partial charge in [0.05, 0.1) is 0 Å². The second-order valence-electron chi connectivity index (χ2n) is 5.37. The molecule has 1 heterocycles. The van der Waals surface area contributed by atoms with E-state index in [0.29, 0.717) is 0 Å². The monoisotopic (exact) mass is 262 g/mol. The number of hydrogen-bond donors (Lipinski definition) is 1. The molecule has 2 rings (SSSR count). The van der Waals surface area contributed by atoms with E-state index in [0.717, 1.165) is 42.9 Å². The highest BCUT2D eigenvalue weighted by atomic mass is 16.4. The Hall–Kier alpha value is -1.39. The van der Waals surface area contributed by atoms with Crippen molar-refractivity contribution in [3.05, 3.63) is 34.9 Å². The average Bonchev–Trinajstić information content (AvgIpc) is 2.37. The van der Waals surface area contributed by atoms with E-state index in [1.807, 2.05) is 32.0 Å². The Kier molecular flexibility index (Phi) is 4.22. The van der Waals surface area contributed by atoms with Crippen LogP contribution in [0.25, 0.3) is 0 Å². The SMILES string of the molecule is Cc1cccc(C(C(=O)O)N2CCN(C)CC2)c1C. The second-order valence-corrected chi connectivity index (χ2v) is 5.37. The number of hydrogen-bond acceptors (Lipinski definition) is 3. The van der Waals surface area contributed by atoms with Crippen LogP contribution in [0.1, 0.15) is 22.7 Å². The van der Waals surface area contributed by atoms with Crippen molar-refractivity contribution in [2.45, 2.75) is 19.9 Å². The smallest absolute Gasteiger partial charge is 0.325 e. The van der Waals surface area contributed by atoms with E-state index in [2.05, 4.69) is 16.8 Å². The molecule has 1 atom stereocenters. The third-order valence-electron chi connectivity index (χ3n) is 4.08. The summed E-state index contributed by atoms with van der Waals surface area (Å²) in [6.45, 7) is 7.50. The van der Waals surface area contributed by atoms with Crippen molar-refractivity contribution in [1.29, 1.82) is 0 Å². The van der Waals surface area contributed by atoms with Gasteiger partial charge in [-0.1, -0.05) is 18.2 Å². The Balaban J connectivity index is 2.30. The van der Waals surface area contributed by atoms with Crippen molar-refractivity contribution in [3.63, 3.8) is 0 Å². The molecule has 1 unspecified atom stereocenters. The minimum atomic E-state index is -0.752. The minimum Gasteiger partial charge on any atom is -0.480 e. The van der Waals surface area contributed by atoms with Gasteiger partial charge in [-0.3, -0.25) is 9.69 Å². The maximum Gasteiger partial charge on any atom is 0.325 e. The number of piperazine rings is 1. The molecule has 0 saturated carbocycles. The van der Waals surface area contributed by atoms with Gasteiger partial charge >= 0.3 is 5.97 Å². The molecule has 0 bridgehead atoms. The molecule has 4 heteroatoms. The van der Waals surface area contributed by atoms with Gasteiger partial charge in [-0.2, -0.15) is 0 Å². The number of aryl methyl sites for hydroxylation is 1. The number of aliphatic carboxylic acids is 1. The van der Waals surface area contributed by atoms with E-state index in [-0.39, 0.29) is 0 Å². The molecular formula is C15H22N2O2. The van der Waals surface area contributed by atoms with Crippen LogP contribution in [0.4, 0.5) is 0 Å². The van der Waals surface area contributed by atoms with Gasteiger partial charge < -0.3 is 10.0 Å². The molecular weight excluding hydrogens is 240 g/mol. The van der Waals surface area contributed by atoms with Gasteiger partial charge in [-0.25, -0.2) is 0 Å². The zero-order chi connectivity index (χ0) is 14.0. The number of likely N-dealkylation sites (N-methyl/N-ethyl adjacent to an activating group) is 1. The summed E-state index contributed by atoms with van der Waals surface area (Å²) in [7, 11) is 2.07. The first-order chi connectivity index (χ1) is 9.00. The molecule has 0 aliphatic carbocycles. The van der Waals surface area contributed by atoms with E-state index in [1.165, 1.54) is 0 Å². The van der Waals surface area contributed by atoms with Crippen LogP contribution in [0.5, 0.6) is 0 Å². The predicted octanol–water partition coefficient (Wildman–Crippen LogP) is 1.68. The van der Waals surface area contributed by atoms with Crippen LogP contribution in [0.2, 0.25) is 0 Å². The quantitative estimate of drug-likeness (QED) is 0.900. The summed E-state index contributed by atoms with van der Waals surface area (Å²) in [6.07, 6.45) is 0. The summed E-state index contributed by atoms with van der Waals surface area (Å²) in [5.74, 6) is -0.752. The summed E-state index contributed by atoms with van der Waals surface area (Å²) in [6, 6.07) is 5.40. The van der Waals surface area contributed by atoms with Gasteiger partial charge in [0.15, 0.2) is 0 Å². The third kappa shape index (κ3) is 2.96. The van der Waals surface area contributed by atoms with Gasteiger partial charge in [0.2, 0.25) is 0 Å². The molecule has 0 aromatic heterocycles. The van der Waals surface area contributed by atoms with Gasteiger partial charge in [0.25, 0.3) is 0 Å². The zero-order valence-electron chi connectivity index (χ0n) is 11.9.